The summed E-state index contributed by atoms with van der Waals surface area (Å²) in [7, 11) is 0. The first-order valence-corrected chi connectivity index (χ1v) is 12.0. The van der Waals surface area contributed by atoms with Crippen LogP contribution in [-0.4, -0.2) is 34.3 Å². The molecule has 1 saturated carbocycles. The van der Waals surface area contributed by atoms with Gasteiger partial charge in [0.05, 0.1) is 0 Å². The van der Waals surface area contributed by atoms with Crippen LogP contribution in [0.3, 0.4) is 0 Å². The molecule has 2 aromatic carbocycles. The monoisotopic (exact) mass is 405 g/mol. The molecule has 2 aliphatic rings. The standard InChI is InChI=1S/C25H29N2OS/c28-23-10-11-27(16-23)15-22-14-21-13-20(8-9-25(21)26-22)19-5-3-4-18(12-19)17-29-24-6-1-2-7-24/h3-5,8-9,12-14,23-24,26H,1-2,6-7,10-11,15-17H2/q-1/t23-/m0/s1. The van der Waals surface area contributed by atoms with Crippen LogP contribution in [0.15, 0.2) is 48.5 Å². The second-order valence-electron chi connectivity index (χ2n) is 8.66. The molecule has 1 aromatic heterocycles. The summed E-state index contributed by atoms with van der Waals surface area (Å²) < 4.78 is 0. The number of benzene rings is 2. The first-order valence-electron chi connectivity index (χ1n) is 10.9. The summed E-state index contributed by atoms with van der Waals surface area (Å²) in [6.07, 6.45) is 5.97. The van der Waals surface area contributed by atoms with E-state index in [0.29, 0.717) is 6.54 Å². The van der Waals surface area contributed by atoms with E-state index in [-0.39, 0.29) is 0 Å². The zero-order valence-electron chi connectivity index (χ0n) is 16.9. The average molecular weight is 406 g/mol. The normalized spacial score (nSPS) is 20.8. The summed E-state index contributed by atoms with van der Waals surface area (Å²) in [5.41, 5.74) is 6.38. The summed E-state index contributed by atoms with van der Waals surface area (Å²) in [6.45, 7) is 2.43. The lowest BCUT2D eigenvalue weighted by Crippen LogP contribution is -2.29. The molecular formula is C25H29N2OS-. The minimum Gasteiger partial charge on any atom is -0.851 e. The van der Waals surface area contributed by atoms with Crippen molar-refractivity contribution in [3.05, 3.63) is 59.8 Å². The zero-order chi connectivity index (χ0) is 19.6. The van der Waals surface area contributed by atoms with Crippen LogP contribution in [-0.2, 0) is 12.3 Å². The van der Waals surface area contributed by atoms with E-state index in [1.807, 2.05) is 0 Å². The van der Waals surface area contributed by atoms with Gasteiger partial charge in [0.15, 0.2) is 0 Å². The molecule has 2 fully saturated rings. The minimum absolute atomic E-state index is 0.412. The molecule has 1 saturated heterocycles. The predicted molar refractivity (Wildman–Crippen MR) is 121 cm³/mol. The Morgan fingerprint density at radius 3 is 2.69 bits per heavy atom. The van der Waals surface area contributed by atoms with Crippen molar-refractivity contribution in [3.8, 4) is 11.1 Å². The molecule has 152 valence electrons. The quantitative estimate of drug-likeness (QED) is 0.631. The number of nitrogens with one attached hydrogen (secondary N) is 1. The summed E-state index contributed by atoms with van der Waals surface area (Å²) in [5.74, 6) is 1.12. The lowest BCUT2D eigenvalue weighted by atomic mass is 10.0. The first kappa shape index (κ1) is 19.2. The third kappa shape index (κ3) is 4.55. The number of rotatable bonds is 6. The number of aromatic amines is 1. The van der Waals surface area contributed by atoms with Gasteiger partial charge in [-0.3, -0.25) is 4.90 Å². The maximum atomic E-state index is 11.6. The molecule has 0 radical (unpaired) electrons. The molecule has 3 aromatic rings. The van der Waals surface area contributed by atoms with Crippen molar-refractivity contribution in [1.82, 2.24) is 9.88 Å². The van der Waals surface area contributed by atoms with Gasteiger partial charge in [-0.25, -0.2) is 0 Å². The van der Waals surface area contributed by atoms with Gasteiger partial charge in [0.2, 0.25) is 0 Å². The number of thioether (sulfide) groups is 1. The van der Waals surface area contributed by atoms with Crippen molar-refractivity contribution >= 4 is 22.7 Å². The third-order valence-electron chi connectivity index (χ3n) is 6.35. The summed E-state index contributed by atoms with van der Waals surface area (Å²) in [5, 5.41) is 13.7. The Morgan fingerprint density at radius 2 is 1.86 bits per heavy atom. The number of nitrogens with zero attached hydrogens (tertiary/aromatic N) is 1. The third-order valence-corrected chi connectivity index (χ3v) is 7.79. The van der Waals surface area contributed by atoms with Gasteiger partial charge in [-0.05, 0) is 60.8 Å². The highest BCUT2D eigenvalue weighted by atomic mass is 32.2. The fourth-order valence-corrected chi connectivity index (χ4v) is 6.02. The van der Waals surface area contributed by atoms with Gasteiger partial charge in [0.25, 0.3) is 0 Å². The topological polar surface area (TPSA) is 42.1 Å². The lowest BCUT2D eigenvalue weighted by Gasteiger charge is -2.17. The molecule has 1 N–H and O–H groups in total. The average Bonchev–Trinajstić information content (AvgIpc) is 3.47. The molecule has 1 aliphatic carbocycles. The molecule has 1 aliphatic heterocycles. The molecule has 0 bridgehead atoms. The van der Waals surface area contributed by atoms with Crippen LogP contribution in [0.5, 0.6) is 0 Å². The van der Waals surface area contributed by atoms with Crippen molar-refractivity contribution in [3.63, 3.8) is 0 Å². The van der Waals surface area contributed by atoms with Crippen LogP contribution in [0.1, 0.15) is 43.4 Å². The Bertz CT molecular complexity index is 976. The molecule has 2 heterocycles. The molecule has 0 amide bonds. The van der Waals surface area contributed by atoms with E-state index in [2.05, 4.69) is 70.2 Å². The highest BCUT2D eigenvalue weighted by Gasteiger charge is 2.16. The zero-order valence-corrected chi connectivity index (χ0v) is 17.7. The number of fused-ring (bicyclic) bond motifs is 1. The van der Waals surface area contributed by atoms with E-state index in [1.54, 1.807) is 0 Å². The Kier molecular flexibility index (Phi) is 5.67. The van der Waals surface area contributed by atoms with E-state index >= 15 is 0 Å². The minimum atomic E-state index is -0.412. The van der Waals surface area contributed by atoms with Crippen LogP contribution >= 0.6 is 11.8 Å². The van der Waals surface area contributed by atoms with Gasteiger partial charge < -0.3 is 10.1 Å². The van der Waals surface area contributed by atoms with Crippen LogP contribution in [0, 0.1) is 0 Å². The van der Waals surface area contributed by atoms with E-state index < -0.39 is 6.10 Å². The van der Waals surface area contributed by atoms with Gasteiger partial charge in [-0.1, -0.05) is 49.6 Å². The van der Waals surface area contributed by atoms with Crippen molar-refractivity contribution in [2.45, 2.75) is 55.8 Å². The number of likely N-dealkylation sites (tertiary alicyclic amines) is 1. The molecule has 1 atom stereocenters. The van der Waals surface area contributed by atoms with E-state index in [0.717, 1.165) is 30.5 Å². The van der Waals surface area contributed by atoms with Gasteiger partial charge in [0, 0.05) is 34.1 Å². The molecule has 3 nitrogen and oxygen atoms in total. The maximum Gasteiger partial charge on any atom is 0.0456 e. The second kappa shape index (κ2) is 8.55. The highest BCUT2D eigenvalue weighted by Crippen LogP contribution is 2.33. The van der Waals surface area contributed by atoms with E-state index in [9.17, 15) is 5.11 Å². The van der Waals surface area contributed by atoms with Crippen molar-refractivity contribution < 1.29 is 5.11 Å². The Labute approximate surface area is 177 Å². The number of aromatic nitrogens is 1. The Hall–Kier alpha value is -1.75. The fourth-order valence-electron chi connectivity index (χ4n) is 4.75. The molecule has 5 rings (SSSR count). The summed E-state index contributed by atoms with van der Waals surface area (Å²) in [4.78, 5) is 5.79. The Balaban J connectivity index is 1.31. The first-order chi connectivity index (χ1) is 14.2. The van der Waals surface area contributed by atoms with Crippen molar-refractivity contribution in [1.29, 1.82) is 0 Å². The Morgan fingerprint density at radius 1 is 1.00 bits per heavy atom. The number of hydrogen-bond acceptors (Lipinski definition) is 3. The van der Waals surface area contributed by atoms with Gasteiger partial charge >= 0.3 is 0 Å². The maximum absolute atomic E-state index is 11.6. The fraction of sp³-hybridized carbons (Fsp3) is 0.440. The van der Waals surface area contributed by atoms with E-state index in [1.165, 1.54) is 59.0 Å². The summed E-state index contributed by atoms with van der Waals surface area (Å²) >= 11 is 2.13. The predicted octanol–water partition coefficient (Wildman–Crippen LogP) is 4.95. The molecule has 0 spiro atoms. The van der Waals surface area contributed by atoms with E-state index in [4.69, 9.17) is 0 Å². The van der Waals surface area contributed by atoms with Gasteiger partial charge in [-0.2, -0.15) is 11.8 Å². The number of hydrogen-bond donors (Lipinski definition) is 1. The summed E-state index contributed by atoms with van der Waals surface area (Å²) in [6, 6.07) is 18.0. The highest BCUT2D eigenvalue weighted by molar-refractivity contribution is 7.99. The van der Waals surface area contributed by atoms with Crippen molar-refractivity contribution in [2.75, 3.05) is 13.1 Å². The van der Waals surface area contributed by atoms with Crippen molar-refractivity contribution in [2.24, 2.45) is 0 Å². The smallest absolute Gasteiger partial charge is 0.0456 e. The SMILES string of the molecule is [O-][C@H]1CCN(Cc2cc3cc(-c4cccc(CSC5CCCC5)c4)ccc3[nH]2)C1. The van der Waals surface area contributed by atoms with Gasteiger partial charge in [0.1, 0.15) is 0 Å². The van der Waals surface area contributed by atoms with Crippen LogP contribution < -0.4 is 5.11 Å². The van der Waals surface area contributed by atoms with Crippen LogP contribution in [0.25, 0.3) is 22.0 Å². The molecule has 4 heteroatoms. The molecule has 29 heavy (non-hydrogen) atoms. The molecular weight excluding hydrogens is 376 g/mol. The number of H-pyrrole nitrogens is 1. The molecule has 0 unspecified atom stereocenters. The van der Waals surface area contributed by atoms with Gasteiger partial charge in [-0.15, -0.1) is 6.10 Å². The van der Waals surface area contributed by atoms with Crippen LogP contribution in [0.4, 0.5) is 0 Å². The largest absolute Gasteiger partial charge is 0.851 e. The van der Waals surface area contributed by atoms with Crippen LogP contribution in [0.2, 0.25) is 0 Å². The second-order valence-corrected chi connectivity index (χ2v) is 9.95. The lowest BCUT2D eigenvalue weighted by molar-refractivity contribution is -0.414.